The fourth-order valence-corrected chi connectivity index (χ4v) is 3.41. The van der Waals surface area contributed by atoms with Crippen molar-refractivity contribution in [3.63, 3.8) is 0 Å². The van der Waals surface area contributed by atoms with Gasteiger partial charge in [0.1, 0.15) is 0 Å². The Morgan fingerprint density at radius 3 is 2.58 bits per heavy atom. The molecule has 0 radical (unpaired) electrons. The number of aryl methyl sites for hydroxylation is 2. The Kier molecular flexibility index (Phi) is 5.45. The third-order valence-electron chi connectivity index (χ3n) is 4.72. The van der Waals surface area contributed by atoms with Crippen LogP contribution in [-0.4, -0.2) is 13.1 Å². The molecule has 1 aromatic carbocycles. The average Bonchev–Trinajstić information content (AvgIpc) is 2.43. The van der Waals surface area contributed by atoms with E-state index in [0.717, 1.165) is 5.92 Å². The molecule has 1 nitrogen and oxygen atoms in total. The van der Waals surface area contributed by atoms with Gasteiger partial charge in [0, 0.05) is 6.04 Å². The number of benzene rings is 1. The lowest BCUT2D eigenvalue weighted by Gasteiger charge is -2.27. The van der Waals surface area contributed by atoms with Gasteiger partial charge in [-0.3, -0.25) is 0 Å². The van der Waals surface area contributed by atoms with E-state index in [2.05, 4.69) is 44.4 Å². The van der Waals surface area contributed by atoms with E-state index in [9.17, 15) is 0 Å². The Bertz CT molecular complexity index is 391. The van der Waals surface area contributed by atoms with E-state index < -0.39 is 0 Å². The van der Waals surface area contributed by atoms with Crippen LogP contribution >= 0.6 is 0 Å². The van der Waals surface area contributed by atoms with Gasteiger partial charge in [0.25, 0.3) is 0 Å². The standard InChI is InChI=1S/C18H29N/c1-14-9-10-15(2)17(11-14)13-18(19-3)12-16-7-5-4-6-8-16/h9-11,16,18-19H,4-8,12-13H2,1-3H3. The van der Waals surface area contributed by atoms with Gasteiger partial charge in [-0.1, -0.05) is 55.9 Å². The Balaban J connectivity index is 1.95. The van der Waals surface area contributed by atoms with Crippen LogP contribution in [0.15, 0.2) is 18.2 Å². The van der Waals surface area contributed by atoms with Gasteiger partial charge in [0.15, 0.2) is 0 Å². The van der Waals surface area contributed by atoms with Crippen molar-refractivity contribution in [3.8, 4) is 0 Å². The van der Waals surface area contributed by atoms with E-state index in [0.29, 0.717) is 6.04 Å². The fourth-order valence-electron chi connectivity index (χ4n) is 3.41. The van der Waals surface area contributed by atoms with Crippen LogP contribution in [0.4, 0.5) is 0 Å². The maximum atomic E-state index is 3.54. The number of rotatable bonds is 5. The molecule has 1 heteroatoms. The zero-order chi connectivity index (χ0) is 13.7. The highest BCUT2D eigenvalue weighted by atomic mass is 14.9. The first-order valence-electron chi connectivity index (χ1n) is 7.92. The molecule has 1 aliphatic rings. The second-order valence-electron chi connectivity index (χ2n) is 6.36. The van der Waals surface area contributed by atoms with Gasteiger partial charge in [-0.15, -0.1) is 0 Å². The SMILES string of the molecule is CNC(Cc1cc(C)ccc1C)CC1CCCCC1. The Morgan fingerprint density at radius 2 is 1.89 bits per heavy atom. The van der Waals surface area contributed by atoms with Gasteiger partial charge < -0.3 is 5.32 Å². The molecule has 1 fully saturated rings. The van der Waals surface area contributed by atoms with E-state index in [1.807, 2.05) is 0 Å². The minimum atomic E-state index is 0.642. The Hall–Kier alpha value is -0.820. The van der Waals surface area contributed by atoms with E-state index in [1.54, 1.807) is 0 Å². The monoisotopic (exact) mass is 259 g/mol. The molecule has 1 aliphatic carbocycles. The first-order chi connectivity index (χ1) is 9.19. The molecular formula is C18H29N. The lowest BCUT2D eigenvalue weighted by Crippen LogP contribution is -2.31. The summed E-state index contributed by atoms with van der Waals surface area (Å²) >= 11 is 0. The van der Waals surface area contributed by atoms with Crippen LogP contribution in [0, 0.1) is 19.8 Å². The summed E-state index contributed by atoms with van der Waals surface area (Å²) in [5.74, 6) is 0.955. The maximum absolute atomic E-state index is 3.54. The molecule has 1 saturated carbocycles. The summed E-state index contributed by atoms with van der Waals surface area (Å²) in [5.41, 5.74) is 4.35. The molecule has 1 N–H and O–H groups in total. The van der Waals surface area contributed by atoms with Crippen molar-refractivity contribution in [2.75, 3.05) is 7.05 Å². The summed E-state index contributed by atoms with van der Waals surface area (Å²) in [6.07, 6.45) is 9.78. The molecule has 2 rings (SSSR count). The van der Waals surface area contributed by atoms with Gasteiger partial charge in [-0.25, -0.2) is 0 Å². The molecule has 1 atom stereocenters. The maximum Gasteiger partial charge on any atom is 0.0107 e. The lowest BCUT2D eigenvalue weighted by atomic mass is 9.83. The first-order valence-corrected chi connectivity index (χ1v) is 7.92. The molecule has 0 heterocycles. The van der Waals surface area contributed by atoms with Crippen LogP contribution in [-0.2, 0) is 6.42 Å². The molecule has 0 spiro atoms. The second-order valence-corrected chi connectivity index (χ2v) is 6.36. The van der Waals surface area contributed by atoms with Crippen LogP contribution in [0.5, 0.6) is 0 Å². The predicted molar refractivity (Wildman–Crippen MR) is 83.7 cm³/mol. The third-order valence-corrected chi connectivity index (χ3v) is 4.72. The highest BCUT2D eigenvalue weighted by Crippen LogP contribution is 2.28. The minimum Gasteiger partial charge on any atom is -0.317 e. The molecule has 0 aromatic heterocycles. The molecule has 0 aliphatic heterocycles. The molecule has 0 saturated heterocycles. The van der Waals surface area contributed by atoms with Crippen LogP contribution in [0.2, 0.25) is 0 Å². The molecule has 106 valence electrons. The van der Waals surface area contributed by atoms with Crippen LogP contribution in [0.3, 0.4) is 0 Å². The summed E-state index contributed by atoms with van der Waals surface area (Å²) < 4.78 is 0. The van der Waals surface area contributed by atoms with Crippen molar-refractivity contribution >= 4 is 0 Å². The van der Waals surface area contributed by atoms with E-state index >= 15 is 0 Å². The zero-order valence-corrected chi connectivity index (χ0v) is 12.8. The molecule has 1 unspecified atom stereocenters. The number of nitrogens with one attached hydrogen (secondary N) is 1. The van der Waals surface area contributed by atoms with Crippen molar-refractivity contribution in [1.82, 2.24) is 5.32 Å². The van der Waals surface area contributed by atoms with E-state index in [-0.39, 0.29) is 0 Å². The minimum absolute atomic E-state index is 0.642. The predicted octanol–water partition coefficient (Wildman–Crippen LogP) is 4.40. The quantitative estimate of drug-likeness (QED) is 0.826. The van der Waals surface area contributed by atoms with Crippen molar-refractivity contribution in [1.29, 1.82) is 0 Å². The Labute approximate surface area is 118 Å². The van der Waals surface area contributed by atoms with Gasteiger partial charge in [-0.05, 0) is 50.8 Å². The fraction of sp³-hybridized carbons (Fsp3) is 0.667. The largest absolute Gasteiger partial charge is 0.317 e. The molecule has 1 aromatic rings. The summed E-state index contributed by atoms with van der Waals surface area (Å²) in [6, 6.07) is 7.48. The smallest absolute Gasteiger partial charge is 0.0107 e. The van der Waals surface area contributed by atoms with E-state index in [1.165, 1.54) is 61.6 Å². The molecule has 0 bridgehead atoms. The summed E-state index contributed by atoms with van der Waals surface area (Å²) in [6.45, 7) is 4.43. The Morgan fingerprint density at radius 1 is 1.16 bits per heavy atom. The van der Waals surface area contributed by atoms with Gasteiger partial charge in [-0.2, -0.15) is 0 Å². The van der Waals surface area contributed by atoms with Crippen molar-refractivity contribution < 1.29 is 0 Å². The molecular weight excluding hydrogens is 230 g/mol. The van der Waals surface area contributed by atoms with Gasteiger partial charge in [0.2, 0.25) is 0 Å². The average molecular weight is 259 g/mol. The number of hydrogen-bond acceptors (Lipinski definition) is 1. The third kappa shape index (κ3) is 4.35. The first kappa shape index (κ1) is 14.6. The number of hydrogen-bond donors (Lipinski definition) is 1. The highest BCUT2D eigenvalue weighted by molar-refractivity contribution is 5.31. The van der Waals surface area contributed by atoms with Crippen LogP contribution in [0.25, 0.3) is 0 Å². The summed E-state index contributed by atoms with van der Waals surface area (Å²) in [4.78, 5) is 0. The summed E-state index contributed by atoms with van der Waals surface area (Å²) in [7, 11) is 2.12. The number of likely N-dealkylation sites (N-methyl/N-ethyl adjacent to an activating group) is 1. The zero-order valence-electron chi connectivity index (χ0n) is 12.8. The second kappa shape index (κ2) is 7.09. The van der Waals surface area contributed by atoms with Crippen LogP contribution in [0.1, 0.15) is 55.2 Å². The van der Waals surface area contributed by atoms with Gasteiger partial charge >= 0.3 is 0 Å². The highest BCUT2D eigenvalue weighted by Gasteiger charge is 2.18. The normalized spacial score (nSPS) is 18.5. The van der Waals surface area contributed by atoms with Crippen molar-refractivity contribution in [3.05, 3.63) is 34.9 Å². The van der Waals surface area contributed by atoms with E-state index in [4.69, 9.17) is 0 Å². The van der Waals surface area contributed by atoms with Crippen molar-refractivity contribution in [2.24, 2.45) is 5.92 Å². The molecule has 19 heavy (non-hydrogen) atoms. The summed E-state index contributed by atoms with van der Waals surface area (Å²) in [5, 5.41) is 3.54. The molecule has 0 amide bonds. The van der Waals surface area contributed by atoms with Crippen molar-refractivity contribution in [2.45, 2.75) is 64.8 Å². The lowest BCUT2D eigenvalue weighted by molar-refractivity contribution is 0.302. The topological polar surface area (TPSA) is 12.0 Å². The van der Waals surface area contributed by atoms with Crippen LogP contribution < -0.4 is 5.32 Å². The van der Waals surface area contributed by atoms with Gasteiger partial charge in [0.05, 0.1) is 0 Å².